The molecule has 1 aromatic rings. The van der Waals surface area contributed by atoms with Gasteiger partial charge in [0.25, 0.3) is 0 Å². The number of nitrogens with zero attached hydrogens (tertiary/aromatic N) is 1. The first-order valence-electron chi connectivity index (χ1n) is 6.09. The van der Waals surface area contributed by atoms with Gasteiger partial charge in [0.15, 0.2) is 5.76 Å². The Kier molecular flexibility index (Phi) is 3.96. The van der Waals surface area contributed by atoms with Gasteiger partial charge in [0, 0.05) is 12.1 Å². The fourth-order valence-corrected chi connectivity index (χ4v) is 2.26. The Morgan fingerprint density at radius 3 is 3.00 bits per heavy atom. The molecular formula is C12H20N2O2. The van der Waals surface area contributed by atoms with Crippen LogP contribution in [0.1, 0.15) is 43.6 Å². The van der Waals surface area contributed by atoms with E-state index in [-0.39, 0.29) is 12.1 Å². The Hall–Kier alpha value is -0.870. The lowest BCUT2D eigenvalue weighted by Crippen LogP contribution is -2.38. The van der Waals surface area contributed by atoms with E-state index in [1.54, 1.807) is 0 Å². The van der Waals surface area contributed by atoms with Crippen LogP contribution < -0.4 is 5.32 Å². The van der Waals surface area contributed by atoms with Crippen molar-refractivity contribution in [1.29, 1.82) is 0 Å². The van der Waals surface area contributed by atoms with Crippen molar-refractivity contribution in [2.45, 2.75) is 57.7 Å². The van der Waals surface area contributed by atoms with Crippen molar-refractivity contribution < 1.29 is 9.63 Å². The molecule has 1 aliphatic carbocycles. The molecular weight excluding hydrogens is 204 g/mol. The predicted molar refractivity (Wildman–Crippen MR) is 61.0 cm³/mol. The summed E-state index contributed by atoms with van der Waals surface area (Å²) < 4.78 is 5.13. The van der Waals surface area contributed by atoms with Crippen LogP contribution >= 0.6 is 0 Å². The Morgan fingerprint density at radius 1 is 1.44 bits per heavy atom. The topological polar surface area (TPSA) is 58.3 Å². The highest BCUT2D eigenvalue weighted by Crippen LogP contribution is 2.18. The van der Waals surface area contributed by atoms with Gasteiger partial charge in [-0.05, 0) is 19.8 Å². The Morgan fingerprint density at radius 2 is 2.25 bits per heavy atom. The second-order valence-corrected chi connectivity index (χ2v) is 4.63. The van der Waals surface area contributed by atoms with Gasteiger partial charge < -0.3 is 14.9 Å². The highest BCUT2D eigenvalue weighted by Gasteiger charge is 2.21. The molecule has 4 nitrogen and oxygen atoms in total. The predicted octanol–water partition coefficient (Wildman–Crippen LogP) is 1.77. The number of nitrogens with one attached hydrogen (secondary N) is 1. The minimum absolute atomic E-state index is 0.202. The maximum absolute atomic E-state index is 9.92. The zero-order valence-corrected chi connectivity index (χ0v) is 9.78. The lowest BCUT2D eigenvalue weighted by Gasteiger charge is -2.20. The summed E-state index contributed by atoms with van der Waals surface area (Å²) >= 11 is 0. The van der Waals surface area contributed by atoms with Crippen LogP contribution in [0, 0.1) is 6.92 Å². The molecule has 1 aliphatic rings. The number of aryl methyl sites for hydroxylation is 1. The first-order valence-corrected chi connectivity index (χ1v) is 6.09. The number of aliphatic hydroxyl groups is 1. The molecule has 1 saturated carbocycles. The smallest absolute Gasteiger partial charge is 0.150 e. The van der Waals surface area contributed by atoms with Gasteiger partial charge in [0.1, 0.15) is 0 Å². The first kappa shape index (κ1) is 11.6. The van der Waals surface area contributed by atoms with Crippen molar-refractivity contribution >= 4 is 0 Å². The molecule has 1 aromatic heterocycles. The van der Waals surface area contributed by atoms with Gasteiger partial charge >= 0.3 is 0 Å². The van der Waals surface area contributed by atoms with Gasteiger partial charge in [0.2, 0.25) is 0 Å². The number of aromatic nitrogens is 1. The zero-order chi connectivity index (χ0) is 11.4. The quantitative estimate of drug-likeness (QED) is 0.768. The van der Waals surface area contributed by atoms with Crippen molar-refractivity contribution in [2.75, 3.05) is 0 Å². The minimum atomic E-state index is -0.216. The molecule has 2 N–H and O–H groups in total. The van der Waals surface area contributed by atoms with Gasteiger partial charge in [-0.3, -0.25) is 0 Å². The molecule has 1 heterocycles. The van der Waals surface area contributed by atoms with Gasteiger partial charge in [-0.15, -0.1) is 0 Å². The van der Waals surface area contributed by atoms with Gasteiger partial charge in [-0.25, -0.2) is 0 Å². The van der Waals surface area contributed by atoms with E-state index >= 15 is 0 Å². The summed E-state index contributed by atoms with van der Waals surface area (Å²) in [6.07, 6.45) is 5.31. The third-order valence-electron chi connectivity index (χ3n) is 3.19. The molecule has 2 atom stereocenters. The molecule has 0 aliphatic heterocycles. The monoisotopic (exact) mass is 224 g/mol. The van der Waals surface area contributed by atoms with E-state index in [4.69, 9.17) is 4.52 Å². The lowest BCUT2D eigenvalue weighted by molar-refractivity contribution is 0.118. The zero-order valence-electron chi connectivity index (χ0n) is 9.78. The molecule has 0 saturated heterocycles. The Bertz CT molecular complexity index is 325. The van der Waals surface area contributed by atoms with Gasteiger partial charge in [0.05, 0.1) is 18.3 Å². The van der Waals surface area contributed by atoms with Crippen molar-refractivity contribution in [3.05, 3.63) is 17.5 Å². The standard InChI is InChI=1S/C12H20N2O2/c1-9-7-10(16-14-9)8-13-11-5-3-2-4-6-12(11)15/h7,11-13,15H,2-6,8H2,1H3. The third kappa shape index (κ3) is 3.06. The molecule has 2 unspecified atom stereocenters. The highest BCUT2D eigenvalue weighted by atomic mass is 16.5. The van der Waals surface area contributed by atoms with E-state index in [0.29, 0.717) is 6.54 Å². The number of rotatable bonds is 3. The summed E-state index contributed by atoms with van der Waals surface area (Å²) in [7, 11) is 0. The normalized spacial score (nSPS) is 26.6. The largest absolute Gasteiger partial charge is 0.392 e. The number of hydrogen-bond donors (Lipinski definition) is 2. The Labute approximate surface area is 96.0 Å². The van der Waals surface area contributed by atoms with Crippen LogP contribution in [-0.2, 0) is 6.54 Å². The van der Waals surface area contributed by atoms with Crippen LogP contribution in [-0.4, -0.2) is 22.4 Å². The molecule has 0 spiro atoms. The summed E-state index contributed by atoms with van der Waals surface area (Å²) in [5.74, 6) is 0.842. The molecule has 90 valence electrons. The Balaban J connectivity index is 1.83. The lowest BCUT2D eigenvalue weighted by atomic mass is 10.1. The molecule has 0 radical (unpaired) electrons. The average molecular weight is 224 g/mol. The van der Waals surface area contributed by atoms with E-state index in [1.807, 2.05) is 13.0 Å². The van der Waals surface area contributed by atoms with Crippen LogP contribution in [0.25, 0.3) is 0 Å². The molecule has 0 amide bonds. The van der Waals surface area contributed by atoms with E-state index in [1.165, 1.54) is 12.8 Å². The van der Waals surface area contributed by atoms with Gasteiger partial charge in [-0.1, -0.05) is 24.4 Å². The van der Waals surface area contributed by atoms with E-state index < -0.39 is 0 Å². The number of aliphatic hydroxyl groups excluding tert-OH is 1. The maximum atomic E-state index is 9.92. The highest BCUT2D eigenvalue weighted by molar-refractivity contribution is 5.02. The molecule has 0 aromatic carbocycles. The SMILES string of the molecule is Cc1cc(CNC2CCCCCC2O)on1. The molecule has 16 heavy (non-hydrogen) atoms. The summed E-state index contributed by atoms with van der Waals surface area (Å²) in [6, 6.07) is 2.13. The van der Waals surface area contributed by atoms with E-state index in [9.17, 15) is 5.11 Å². The minimum Gasteiger partial charge on any atom is -0.392 e. The first-order chi connectivity index (χ1) is 7.75. The fourth-order valence-electron chi connectivity index (χ4n) is 2.26. The van der Waals surface area contributed by atoms with Crippen LogP contribution in [0.5, 0.6) is 0 Å². The second kappa shape index (κ2) is 5.46. The molecule has 4 heteroatoms. The van der Waals surface area contributed by atoms with Crippen molar-refractivity contribution in [1.82, 2.24) is 10.5 Å². The molecule has 1 fully saturated rings. The summed E-state index contributed by atoms with van der Waals surface area (Å²) in [4.78, 5) is 0. The third-order valence-corrected chi connectivity index (χ3v) is 3.19. The van der Waals surface area contributed by atoms with Crippen LogP contribution in [0.3, 0.4) is 0 Å². The van der Waals surface area contributed by atoms with Gasteiger partial charge in [-0.2, -0.15) is 0 Å². The summed E-state index contributed by atoms with van der Waals surface area (Å²) in [5, 5.41) is 17.1. The van der Waals surface area contributed by atoms with Crippen molar-refractivity contribution in [3.63, 3.8) is 0 Å². The molecule has 2 rings (SSSR count). The summed E-state index contributed by atoms with van der Waals surface area (Å²) in [6.45, 7) is 2.57. The van der Waals surface area contributed by atoms with E-state index in [2.05, 4.69) is 10.5 Å². The summed E-state index contributed by atoms with van der Waals surface area (Å²) in [5.41, 5.74) is 0.901. The van der Waals surface area contributed by atoms with E-state index in [0.717, 1.165) is 30.7 Å². The van der Waals surface area contributed by atoms with Crippen LogP contribution in [0.15, 0.2) is 10.6 Å². The van der Waals surface area contributed by atoms with Crippen molar-refractivity contribution in [3.8, 4) is 0 Å². The van der Waals surface area contributed by atoms with Crippen molar-refractivity contribution in [2.24, 2.45) is 0 Å². The average Bonchev–Trinajstić information content (AvgIpc) is 2.56. The molecule has 0 bridgehead atoms. The fraction of sp³-hybridized carbons (Fsp3) is 0.750. The second-order valence-electron chi connectivity index (χ2n) is 4.63. The van der Waals surface area contributed by atoms with Crippen LogP contribution in [0.2, 0.25) is 0 Å². The maximum Gasteiger partial charge on any atom is 0.150 e. The number of hydrogen-bond acceptors (Lipinski definition) is 4. The van der Waals surface area contributed by atoms with Crippen LogP contribution in [0.4, 0.5) is 0 Å².